The minimum Gasteiger partial charge on any atom is -0.497 e. The van der Waals surface area contributed by atoms with E-state index in [1.54, 1.807) is 13.2 Å². The number of rotatable bonds is 7. The number of hydrogen-bond donors (Lipinski definition) is 1. The second-order valence-corrected chi connectivity index (χ2v) is 7.09. The van der Waals surface area contributed by atoms with E-state index in [-0.39, 0.29) is 0 Å². The highest BCUT2D eigenvalue weighted by molar-refractivity contribution is 5.95. The fourth-order valence-corrected chi connectivity index (χ4v) is 3.60. The molecule has 0 aliphatic heterocycles. The Kier molecular flexibility index (Phi) is 5.39. The first-order valence-electron chi connectivity index (χ1n) is 9.72. The van der Waals surface area contributed by atoms with Gasteiger partial charge in [-0.15, -0.1) is 0 Å². The predicted molar refractivity (Wildman–Crippen MR) is 115 cm³/mol. The Labute approximate surface area is 174 Å². The zero-order chi connectivity index (χ0) is 21.1. The van der Waals surface area contributed by atoms with Crippen molar-refractivity contribution in [2.24, 2.45) is 5.73 Å². The summed E-state index contributed by atoms with van der Waals surface area (Å²) in [6, 6.07) is 21.4. The number of hydrogen-bond acceptors (Lipinski definition) is 4. The standard InChI is InChI=1S/C24H23N3O3/c1-16-20(24(25)28)14-22(21-15-23(30-26-21)18-8-4-3-5-9-18)27(16)12-11-17-7-6-10-19(13-17)29-2/h3-10,13-15H,11-12H2,1-2H3,(H2,25,28). The minimum absolute atomic E-state index is 0.458. The van der Waals surface area contributed by atoms with Gasteiger partial charge in [0, 0.05) is 23.9 Å². The van der Waals surface area contributed by atoms with E-state index >= 15 is 0 Å². The summed E-state index contributed by atoms with van der Waals surface area (Å²) < 4.78 is 12.9. The molecule has 6 nitrogen and oxygen atoms in total. The molecule has 0 saturated carbocycles. The molecular formula is C24H23N3O3. The first kappa shape index (κ1) is 19.5. The summed E-state index contributed by atoms with van der Waals surface area (Å²) in [7, 11) is 1.65. The highest BCUT2D eigenvalue weighted by Gasteiger charge is 2.19. The summed E-state index contributed by atoms with van der Waals surface area (Å²) in [6.45, 7) is 2.56. The van der Waals surface area contributed by atoms with Crippen LogP contribution in [0.15, 0.2) is 71.3 Å². The number of methoxy groups -OCH3 is 1. The normalized spacial score (nSPS) is 10.9. The van der Waals surface area contributed by atoms with Crippen molar-refractivity contribution < 1.29 is 14.1 Å². The zero-order valence-corrected chi connectivity index (χ0v) is 17.0. The van der Waals surface area contributed by atoms with E-state index in [1.807, 2.05) is 61.5 Å². The molecule has 2 N–H and O–H groups in total. The molecule has 0 unspecified atom stereocenters. The van der Waals surface area contributed by atoms with Crippen molar-refractivity contribution in [2.75, 3.05) is 7.11 Å². The molecule has 2 aromatic heterocycles. The molecule has 2 heterocycles. The van der Waals surface area contributed by atoms with Gasteiger partial charge in [0.25, 0.3) is 5.91 Å². The minimum atomic E-state index is -0.458. The van der Waals surface area contributed by atoms with Crippen molar-refractivity contribution in [3.05, 3.63) is 83.6 Å². The van der Waals surface area contributed by atoms with Crippen LogP contribution in [-0.4, -0.2) is 22.7 Å². The third kappa shape index (κ3) is 3.85. The van der Waals surface area contributed by atoms with Crippen LogP contribution in [0.3, 0.4) is 0 Å². The van der Waals surface area contributed by atoms with Gasteiger partial charge >= 0.3 is 0 Å². The molecule has 4 aromatic rings. The molecule has 30 heavy (non-hydrogen) atoms. The van der Waals surface area contributed by atoms with E-state index in [1.165, 1.54) is 0 Å². The second kappa shape index (κ2) is 8.29. The van der Waals surface area contributed by atoms with Crippen molar-refractivity contribution in [3.8, 4) is 28.5 Å². The van der Waals surface area contributed by atoms with Crippen LogP contribution in [0, 0.1) is 6.92 Å². The number of carbonyl (C=O) groups is 1. The van der Waals surface area contributed by atoms with Gasteiger partial charge in [0.05, 0.1) is 18.4 Å². The van der Waals surface area contributed by atoms with Crippen LogP contribution >= 0.6 is 0 Å². The molecule has 0 fully saturated rings. The zero-order valence-electron chi connectivity index (χ0n) is 17.0. The van der Waals surface area contributed by atoms with E-state index in [0.29, 0.717) is 23.6 Å². The molecule has 1 amide bonds. The Hall–Kier alpha value is -3.80. The van der Waals surface area contributed by atoms with Crippen LogP contribution in [0.1, 0.15) is 21.6 Å². The highest BCUT2D eigenvalue weighted by Crippen LogP contribution is 2.29. The van der Waals surface area contributed by atoms with Crippen LogP contribution < -0.4 is 10.5 Å². The summed E-state index contributed by atoms with van der Waals surface area (Å²) >= 11 is 0. The first-order chi connectivity index (χ1) is 14.6. The van der Waals surface area contributed by atoms with E-state index in [9.17, 15) is 4.79 Å². The van der Waals surface area contributed by atoms with Gasteiger partial charge in [-0.1, -0.05) is 47.6 Å². The molecule has 0 saturated heterocycles. The topological polar surface area (TPSA) is 83.3 Å². The van der Waals surface area contributed by atoms with Gasteiger partial charge in [0.15, 0.2) is 5.76 Å². The maximum Gasteiger partial charge on any atom is 0.250 e. The summed E-state index contributed by atoms with van der Waals surface area (Å²) in [5.74, 6) is 1.03. The fourth-order valence-electron chi connectivity index (χ4n) is 3.60. The molecular weight excluding hydrogens is 378 g/mol. The van der Waals surface area contributed by atoms with Crippen molar-refractivity contribution in [3.63, 3.8) is 0 Å². The molecule has 4 rings (SSSR count). The quantitative estimate of drug-likeness (QED) is 0.495. The Bertz CT molecular complexity index is 1180. The number of benzene rings is 2. The summed E-state index contributed by atoms with van der Waals surface area (Å²) in [6.07, 6.45) is 0.765. The molecule has 0 atom stereocenters. The molecule has 152 valence electrons. The van der Waals surface area contributed by atoms with Gasteiger partial charge < -0.3 is 19.6 Å². The maximum absolute atomic E-state index is 12.0. The van der Waals surface area contributed by atoms with Gasteiger partial charge in [-0.2, -0.15) is 0 Å². The molecule has 0 bridgehead atoms. The lowest BCUT2D eigenvalue weighted by atomic mass is 10.1. The Morgan fingerprint density at radius 3 is 2.63 bits per heavy atom. The van der Waals surface area contributed by atoms with E-state index in [4.69, 9.17) is 15.0 Å². The van der Waals surface area contributed by atoms with Crippen molar-refractivity contribution in [1.29, 1.82) is 0 Å². The largest absolute Gasteiger partial charge is 0.497 e. The first-order valence-corrected chi connectivity index (χ1v) is 9.72. The number of primary amides is 1. The van der Waals surface area contributed by atoms with Crippen LogP contribution in [-0.2, 0) is 13.0 Å². The van der Waals surface area contributed by atoms with Crippen LogP contribution in [0.4, 0.5) is 0 Å². The van der Waals surface area contributed by atoms with Crippen molar-refractivity contribution >= 4 is 5.91 Å². The summed E-state index contributed by atoms with van der Waals surface area (Å²) in [4.78, 5) is 12.0. The van der Waals surface area contributed by atoms with Crippen LogP contribution in [0.5, 0.6) is 5.75 Å². The van der Waals surface area contributed by atoms with Crippen molar-refractivity contribution in [1.82, 2.24) is 9.72 Å². The Morgan fingerprint density at radius 2 is 1.90 bits per heavy atom. The molecule has 0 spiro atoms. The average molecular weight is 401 g/mol. The molecule has 2 aromatic carbocycles. The summed E-state index contributed by atoms with van der Waals surface area (Å²) in [5.41, 5.74) is 10.4. The van der Waals surface area contributed by atoms with Crippen LogP contribution in [0.25, 0.3) is 22.7 Å². The summed E-state index contributed by atoms with van der Waals surface area (Å²) in [5, 5.41) is 4.25. The smallest absolute Gasteiger partial charge is 0.250 e. The Morgan fingerprint density at radius 1 is 1.10 bits per heavy atom. The number of carbonyl (C=O) groups excluding carboxylic acids is 1. The Balaban J connectivity index is 1.68. The predicted octanol–water partition coefficient (Wildman–Crippen LogP) is 4.47. The third-order valence-electron chi connectivity index (χ3n) is 5.22. The molecule has 0 aliphatic carbocycles. The number of amides is 1. The lowest BCUT2D eigenvalue weighted by Crippen LogP contribution is -2.13. The number of nitrogens with two attached hydrogens (primary N) is 1. The fraction of sp³-hybridized carbons (Fsp3) is 0.167. The third-order valence-corrected chi connectivity index (χ3v) is 5.22. The maximum atomic E-state index is 12.0. The van der Waals surface area contributed by atoms with Gasteiger partial charge in [-0.05, 0) is 37.1 Å². The van der Waals surface area contributed by atoms with Gasteiger partial charge in [-0.3, -0.25) is 4.79 Å². The number of aromatic nitrogens is 2. The highest BCUT2D eigenvalue weighted by atomic mass is 16.5. The lowest BCUT2D eigenvalue weighted by molar-refractivity contribution is 0.0999. The number of nitrogens with zero attached hydrogens (tertiary/aromatic N) is 2. The SMILES string of the molecule is COc1cccc(CCn2c(-c3cc(-c4ccccc4)on3)cc(C(N)=O)c2C)c1. The second-order valence-electron chi connectivity index (χ2n) is 7.09. The van der Waals surface area contributed by atoms with Crippen LogP contribution in [0.2, 0.25) is 0 Å². The molecule has 6 heteroatoms. The van der Waals surface area contributed by atoms with Crippen molar-refractivity contribution in [2.45, 2.75) is 19.9 Å². The monoisotopic (exact) mass is 401 g/mol. The van der Waals surface area contributed by atoms with E-state index in [0.717, 1.165) is 34.7 Å². The molecule has 0 aliphatic rings. The van der Waals surface area contributed by atoms with E-state index < -0.39 is 5.91 Å². The van der Waals surface area contributed by atoms with E-state index in [2.05, 4.69) is 15.8 Å². The van der Waals surface area contributed by atoms with Gasteiger partial charge in [0.1, 0.15) is 11.4 Å². The lowest BCUT2D eigenvalue weighted by Gasteiger charge is -2.11. The number of ether oxygens (including phenoxy) is 1. The number of aryl methyl sites for hydroxylation is 1. The average Bonchev–Trinajstić information content (AvgIpc) is 3.38. The molecule has 0 radical (unpaired) electrons. The van der Waals surface area contributed by atoms with Gasteiger partial charge in [0.2, 0.25) is 0 Å². The van der Waals surface area contributed by atoms with Gasteiger partial charge in [-0.25, -0.2) is 0 Å².